The van der Waals surface area contributed by atoms with Gasteiger partial charge in [-0.1, -0.05) is 5.16 Å². The van der Waals surface area contributed by atoms with Gasteiger partial charge in [0.15, 0.2) is 11.6 Å². The average Bonchev–Trinajstić information content (AvgIpc) is 3.56. The van der Waals surface area contributed by atoms with E-state index in [1.165, 1.54) is 24.0 Å². The van der Waals surface area contributed by atoms with Crippen molar-refractivity contribution in [1.29, 1.82) is 0 Å². The zero-order valence-electron chi connectivity index (χ0n) is 21.0. The lowest BCUT2D eigenvalue weighted by Gasteiger charge is -2.37. The minimum Gasteiger partial charge on any atom is -0.442 e. The summed E-state index contributed by atoms with van der Waals surface area (Å²) in [5.74, 6) is -3.02. The number of carbonyl (C=O) groups excluding carboxylic acids is 3. The first kappa shape index (κ1) is 26.3. The van der Waals surface area contributed by atoms with E-state index in [4.69, 9.17) is 9.57 Å². The van der Waals surface area contributed by atoms with Crippen LogP contribution in [0.2, 0.25) is 0 Å². The number of benzene rings is 2. The summed E-state index contributed by atoms with van der Waals surface area (Å²) >= 11 is 0. The number of amides is 3. The molecule has 1 N–H and O–H groups in total. The molecular formula is C26H26F3N5O5. The smallest absolute Gasteiger partial charge is 0.414 e. The number of piperazine rings is 1. The first-order valence-corrected chi connectivity index (χ1v) is 12.4. The van der Waals surface area contributed by atoms with Crippen LogP contribution in [0.4, 0.5) is 29.3 Å². The molecule has 10 nitrogen and oxygen atoms in total. The molecule has 2 saturated heterocycles. The van der Waals surface area contributed by atoms with Crippen LogP contribution in [0.1, 0.15) is 18.9 Å². The normalized spacial score (nSPS) is 21.0. The summed E-state index contributed by atoms with van der Waals surface area (Å²) in [5.41, 5.74) is 1.39. The van der Waals surface area contributed by atoms with E-state index in [1.54, 1.807) is 17.0 Å². The van der Waals surface area contributed by atoms with Crippen molar-refractivity contribution in [1.82, 2.24) is 10.2 Å². The molecular weight excluding hydrogens is 519 g/mol. The van der Waals surface area contributed by atoms with E-state index in [0.717, 1.165) is 12.1 Å². The molecule has 13 heteroatoms. The van der Waals surface area contributed by atoms with Gasteiger partial charge in [0.2, 0.25) is 12.0 Å². The van der Waals surface area contributed by atoms with Gasteiger partial charge in [-0.25, -0.2) is 18.0 Å². The van der Waals surface area contributed by atoms with E-state index in [0.29, 0.717) is 48.8 Å². The molecule has 3 amide bonds. The highest BCUT2D eigenvalue weighted by Crippen LogP contribution is 2.29. The first-order chi connectivity index (χ1) is 18.7. The summed E-state index contributed by atoms with van der Waals surface area (Å²) in [7, 11) is 0. The number of hydrogen-bond donors (Lipinski definition) is 1. The molecule has 2 aromatic rings. The van der Waals surface area contributed by atoms with Crippen LogP contribution in [0.3, 0.4) is 0 Å². The van der Waals surface area contributed by atoms with Crippen LogP contribution < -0.4 is 15.1 Å². The van der Waals surface area contributed by atoms with E-state index in [1.807, 2.05) is 4.90 Å². The average molecular weight is 546 g/mol. The lowest BCUT2D eigenvalue weighted by molar-refractivity contribution is -0.142. The number of carbonyl (C=O) groups is 3. The van der Waals surface area contributed by atoms with Gasteiger partial charge in [0.25, 0.3) is 5.91 Å². The molecule has 39 heavy (non-hydrogen) atoms. The van der Waals surface area contributed by atoms with E-state index in [-0.39, 0.29) is 31.3 Å². The van der Waals surface area contributed by atoms with Crippen molar-refractivity contribution in [3.8, 4) is 0 Å². The Balaban J connectivity index is 1.15. The van der Waals surface area contributed by atoms with Crippen molar-refractivity contribution in [2.45, 2.75) is 25.6 Å². The molecule has 2 aromatic carbocycles. The lowest BCUT2D eigenvalue weighted by atomic mass is 10.0. The second kappa shape index (κ2) is 10.8. The molecule has 0 aromatic heterocycles. The van der Waals surface area contributed by atoms with Crippen molar-refractivity contribution >= 4 is 35.0 Å². The first-order valence-electron chi connectivity index (χ1n) is 12.4. The minimum atomic E-state index is -1.01. The van der Waals surface area contributed by atoms with E-state index < -0.39 is 35.8 Å². The Morgan fingerprint density at radius 3 is 2.49 bits per heavy atom. The zero-order valence-corrected chi connectivity index (χ0v) is 21.0. The van der Waals surface area contributed by atoms with Crippen LogP contribution in [0.5, 0.6) is 0 Å². The SMILES string of the molecule is CC(=O)NC[C@H]1CN(c2ccc(N3CCN(C(=O)C4CC(c5ccc(F)c(F)c5)=NO4)CC3)c(F)c2)C(=O)O1. The maximum atomic E-state index is 15.1. The molecule has 3 heterocycles. The molecule has 5 rings (SSSR count). The molecule has 0 saturated carbocycles. The number of ether oxygens (including phenoxy) is 1. The second-order valence-electron chi connectivity index (χ2n) is 9.47. The topological polar surface area (TPSA) is 104 Å². The van der Waals surface area contributed by atoms with E-state index in [9.17, 15) is 23.2 Å². The van der Waals surface area contributed by atoms with Crippen LogP contribution in [0.15, 0.2) is 41.6 Å². The maximum Gasteiger partial charge on any atom is 0.414 e. The molecule has 1 unspecified atom stereocenters. The number of cyclic esters (lactones) is 1. The molecule has 2 atom stereocenters. The van der Waals surface area contributed by atoms with Crippen molar-refractivity contribution in [2.75, 3.05) is 49.1 Å². The van der Waals surface area contributed by atoms with Crippen LogP contribution in [0, 0.1) is 17.5 Å². The van der Waals surface area contributed by atoms with Gasteiger partial charge in [-0.2, -0.15) is 0 Å². The van der Waals surface area contributed by atoms with Gasteiger partial charge in [-0.05, 0) is 36.4 Å². The third kappa shape index (κ3) is 5.61. The quantitative estimate of drug-likeness (QED) is 0.598. The molecule has 2 fully saturated rings. The van der Waals surface area contributed by atoms with Gasteiger partial charge < -0.3 is 24.7 Å². The van der Waals surface area contributed by atoms with Crippen LogP contribution in [0.25, 0.3) is 0 Å². The number of halogens is 3. The number of nitrogens with zero attached hydrogens (tertiary/aromatic N) is 4. The van der Waals surface area contributed by atoms with Crippen molar-refractivity contribution in [3.05, 3.63) is 59.4 Å². The Hall–Kier alpha value is -4.29. The van der Waals surface area contributed by atoms with E-state index in [2.05, 4.69) is 10.5 Å². The summed E-state index contributed by atoms with van der Waals surface area (Å²) in [6, 6.07) is 7.86. The highest BCUT2D eigenvalue weighted by atomic mass is 19.2. The summed E-state index contributed by atoms with van der Waals surface area (Å²) in [6.07, 6.45) is -1.89. The standard InChI is InChI=1S/C26H26F3N5O5/c1-15(35)30-13-18-14-34(26(37)38-18)17-3-5-23(21(29)11-17)32-6-8-33(9-7-32)25(36)24-12-22(31-39-24)16-2-4-19(27)20(28)10-16/h2-5,10-11,18,24H,6-9,12-14H2,1H3,(H,30,35)/t18-,24?/m0/s1. The summed E-state index contributed by atoms with van der Waals surface area (Å²) < 4.78 is 47.1. The summed E-state index contributed by atoms with van der Waals surface area (Å²) in [4.78, 5) is 46.3. The Kier molecular flexibility index (Phi) is 7.31. The third-order valence-corrected chi connectivity index (χ3v) is 6.82. The summed E-state index contributed by atoms with van der Waals surface area (Å²) in [6.45, 7) is 3.11. The largest absolute Gasteiger partial charge is 0.442 e. The summed E-state index contributed by atoms with van der Waals surface area (Å²) in [5, 5.41) is 6.48. The highest BCUT2D eigenvalue weighted by Gasteiger charge is 2.35. The monoisotopic (exact) mass is 545 g/mol. The number of hydrogen-bond acceptors (Lipinski definition) is 7. The number of anilines is 2. The van der Waals surface area contributed by atoms with Gasteiger partial charge in [0.1, 0.15) is 11.9 Å². The Labute approximate surface area is 221 Å². The number of oxime groups is 1. The Bertz CT molecular complexity index is 1330. The fourth-order valence-electron chi connectivity index (χ4n) is 4.74. The molecule has 0 aliphatic carbocycles. The minimum absolute atomic E-state index is 0.130. The van der Waals surface area contributed by atoms with Crippen LogP contribution >= 0.6 is 0 Å². The molecule has 3 aliphatic heterocycles. The maximum absolute atomic E-state index is 15.1. The molecule has 206 valence electrons. The second-order valence-corrected chi connectivity index (χ2v) is 9.47. The van der Waals surface area contributed by atoms with Gasteiger partial charge in [0, 0.05) is 45.1 Å². The van der Waals surface area contributed by atoms with Crippen molar-refractivity contribution in [3.63, 3.8) is 0 Å². The van der Waals surface area contributed by atoms with Crippen LogP contribution in [-0.2, 0) is 19.2 Å². The predicted octanol–water partition coefficient (Wildman–Crippen LogP) is 2.41. The third-order valence-electron chi connectivity index (χ3n) is 6.82. The predicted molar refractivity (Wildman–Crippen MR) is 134 cm³/mol. The fourth-order valence-corrected chi connectivity index (χ4v) is 4.74. The van der Waals surface area contributed by atoms with Gasteiger partial charge in [-0.15, -0.1) is 0 Å². The van der Waals surface area contributed by atoms with E-state index >= 15 is 4.39 Å². The lowest BCUT2D eigenvalue weighted by Crippen LogP contribution is -2.51. The molecule has 0 radical (unpaired) electrons. The van der Waals surface area contributed by atoms with Crippen molar-refractivity contribution < 1.29 is 37.1 Å². The van der Waals surface area contributed by atoms with Gasteiger partial charge in [-0.3, -0.25) is 14.5 Å². The van der Waals surface area contributed by atoms with Crippen molar-refractivity contribution in [2.24, 2.45) is 5.16 Å². The zero-order chi connectivity index (χ0) is 27.7. The van der Waals surface area contributed by atoms with Gasteiger partial charge in [0.05, 0.1) is 30.2 Å². The Morgan fingerprint density at radius 1 is 1.03 bits per heavy atom. The molecule has 0 spiro atoms. The molecule has 0 bridgehead atoms. The number of rotatable bonds is 6. The highest BCUT2D eigenvalue weighted by molar-refractivity contribution is 6.04. The van der Waals surface area contributed by atoms with Crippen LogP contribution in [-0.4, -0.2) is 80.0 Å². The Morgan fingerprint density at radius 2 is 1.79 bits per heavy atom. The van der Waals surface area contributed by atoms with Gasteiger partial charge >= 0.3 is 6.09 Å². The fraction of sp³-hybridized carbons (Fsp3) is 0.385. The molecule has 3 aliphatic rings. The number of nitrogens with one attached hydrogen (secondary N) is 1.